The minimum absolute atomic E-state index is 0. The Balaban J connectivity index is 0.00000338. The second-order valence-electron chi connectivity index (χ2n) is 12.4. The Bertz CT molecular complexity index is 2360. The molecule has 0 spiro atoms. The Kier molecular flexibility index (Phi) is 7.38. The summed E-state index contributed by atoms with van der Waals surface area (Å²) in [5.41, 5.74) is 8.69. The van der Waals surface area contributed by atoms with Gasteiger partial charge in [0.15, 0.2) is 0 Å². The van der Waals surface area contributed by atoms with Gasteiger partial charge in [-0.25, -0.2) is 9.97 Å². The molecule has 8 rings (SSSR count). The van der Waals surface area contributed by atoms with Crippen molar-refractivity contribution < 1.29 is 26.2 Å². The Morgan fingerprint density at radius 2 is 1.37 bits per heavy atom. The summed E-state index contributed by atoms with van der Waals surface area (Å²) in [5, 5.41) is 13.2. The minimum Gasteiger partial charge on any atom is -0.507 e. The van der Waals surface area contributed by atoms with Crippen LogP contribution in [0.15, 0.2) is 128 Å². The van der Waals surface area contributed by atoms with Gasteiger partial charge in [-0.15, -0.1) is 23.8 Å². The quantitative estimate of drug-likeness (QED) is 0.181. The van der Waals surface area contributed by atoms with Crippen LogP contribution in [0, 0.1) is 6.07 Å². The number of aromatic hydroxyl groups is 1. The molecule has 0 aliphatic rings. The summed E-state index contributed by atoms with van der Waals surface area (Å²) in [6, 6.07) is 44.7. The second kappa shape index (κ2) is 11.4. The van der Waals surface area contributed by atoms with E-state index in [1.54, 1.807) is 6.07 Å². The molecule has 1 N–H and O–H groups in total. The number of benzene rings is 5. The predicted octanol–water partition coefficient (Wildman–Crippen LogP) is 9.65. The van der Waals surface area contributed by atoms with Gasteiger partial charge in [-0.05, 0) is 70.4 Å². The predicted molar refractivity (Wildman–Crippen MR) is 183 cm³/mol. The van der Waals surface area contributed by atoms with Gasteiger partial charge in [0.2, 0.25) is 0 Å². The molecular formula is C40H31N4OPt-. The minimum atomic E-state index is 0. The first-order valence-corrected chi connectivity index (χ1v) is 15.2. The van der Waals surface area contributed by atoms with Crippen LogP contribution >= 0.6 is 0 Å². The number of rotatable bonds is 4. The first-order chi connectivity index (χ1) is 21.9. The van der Waals surface area contributed by atoms with E-state index in [1.807, 2.05) is 42.6 Å². The van der Waals surface area contributed by atoms with Gasteiger partial charge in [0.05, 0.1) is 16.6 Å². The van der Waals surface area contributed by atoms with E-state index >= 15 is 0 Å². The fourth-order valence-electron chi connectivity index (χ4n) is 6.31. The molecule has 0 aliphatic carbocycles. The molecule has 6 heteroatoms. The van der Waals surface area contributed by atoms with E-state index in [1.165, 1.54) is 5.56 Å². The average Bonchev–Trinajstić information content (AvgIpc) is 3.61. The molecule has 0 amide bonds. The molecule has 0 saturated heterocycles. The van der Waals surface area contributed by atoms with Gasteiger partial charge in [0.1, 0.15) is 17.4 Å². The van der Waals surface area contributed by atoms with Crippen LogP contribution in [0.2, 0.25) is 0 Å². The van der Waals surface area contributed by atoms with Crippen molar-refractivity contribution in [2.24, 2.45) is 0 Å². The van der Waals surface area contributed by atoms with Gasteiger partial charge in [-0.2, -0.15) is 0 Å². The summed E-state index contributed by atoms with van der Waals surface area (Å²) >= 11 is 0. The number of imidazole rings is 1. The zero-order chi connectivity index (χ0) is 30.7. The monoisotopic (exact) mass is 778 g/mol. The van der Waals surface area contributed by atoms with Crippen molar-refractivity contribution in [3.8, 4) is 39.8 Å². The molecule has 228 valence electrons. The van der Waals surface area contributed by atoms with Crippen LogP contribution in [0.1, 0.15) is 26.3 Å². The number of hydrogen-bond acceptors (Lipinski definition) is 3. The van der Waals surface area contributed by atoms with Crippen LogP contribution in [0.4, 0.5) is 0 Å². The van der Waals surface area contributed by atoms with Crippen molar-refractivity contribution in [3.05, 3.63) is 139 Å². The number of fused-ring (bicyclic) bond motifs is 4. The molecule has 0 saturated carbocycles. The van der Waals surface area contributed by atoms with Gasteiger partial charge < -0.3 is 9.67 Å². The first-order valence-electron chi connectivity index (χ1n) is 15.2. The number of phenols is 1. The summed E-state index contributed by atoms with van der Waals surface area (Å²) in [6.07, 6.45) is 1.82. The number of phenolic OH excluding ortho intramolecular Hbond substituents is 1. The third-order valence-corrected chi connectivity index (χ3v) is 8.57. The van der Waals surface area contributed by atoms with Crippen LogP contribution in [-0.4, -0.2) is 24.2 Å². The topological polar surface area (TPSA) is 55.9 Å². The van der Waals surface area contributed by atoms with Gasteiger partial charge in [0, 0.05) is 38.5 Å². The largest absolute Gasteiger partial charge is 0.507 e. The number of hydrogen-bond donors (Lipinski definition) is 1. The molecule has 0 unspecified atom stereocenters. The van der Waals surface area contributed by atoms with Crippen LogP contribution in [0.25, 0.3) is 66.9 Å². The Morgan fingerprint density at radius 1 is 0.652 bits per heavy atom. The molecular weight excluding hydrogens is 748 g/mol. The van der Waals surface area contributed by atoms with Gasteiger partial charge in [-0.3, -0.25) is 4.57 Å². The van der Waals surface area contributed by atoms with E-state index in [-0.39, 0.29) is 32.2 Å². The fourth-order valence-corrected chi connectivity index (χ4v) is 6.31. The summed E-state index contributed by atoms with van der Waals surface area (Å²) in [5.74, 6) is 1.72. The van der Waals surface area contributed by atoms with Crippen molar-refractivity contribution >= 4 is 32.8 Å². The molecule has 8 aromatic rings. The average molecular weight is 779 g/mol. The maximum atomic E-state index is 11.0. The van der Waals surface area contributed by atoms with Crippen molar-refractivity contribution in [2.75, 3.05) is 0 Å². The van der Waals surface area contributed by atoms with Crippen LogP contribution in [-0.2, 0) is 26.5 Å². The van der Waals surface area contributed by atoms with Crippen molar-refractivity contribution in [2.45, 2.75) is 26.2 Å². The molecule has 5 nitrogen and oxygen atoms in total. The molecule has 5 aromatic carbocycles. The normalized spacial score (nSPS) is 11.7. The van der Waals surface area contributed by atoms with Crippen LogP contribution in [0.5, 0.6) is 5.75 Å². The number of para-hydroxylation sites is 3. The van der Waals surface area contributed by atoms with E-state index in [4.69, 9.17) is 4.98 Å². The maximum Gasteiger partial charge on any atom is 0.148 e. The van der Waals surface area contributed by atoms with Crippen molar-refractivity contribution in [3.63, 3.8) is 0 Å². The van der Waals surface area contributed by atoms with E-state index in [0.717, 1.165) is 55.5 Å². The summed E-state index contributed by atoms with van der Waals surface area (Å²) in [6.45, 7) is 6.65. The third-order valence-electron chi connectivity index (χ3n) is 8.57. The van der Waals surface area contributed by atoms with E-state index in [9.17, 15) is 5.11 Å². The zero-order valence-electron chi connectivity index (χ0n) is 25.7. The molecule has 0 aliphatic heterocycles. The first kappa shape index (κ1) is 29.7. The van der Waals surface area contributed by atoms with Gasteiger partial charge in [-0.1, -0.05) is 92.4 Å². The molecule has 0 bridgehead atoms. The summed E-state index contributed by atoms with van der Waals surface area (Å²) in [7, 11) is 0. The Morgan fingerprint density at radius 3 is 2.13 bits per heavy atom. The molecule has 46 heavy (non-hydrogen) atoms. The van der Waals surface area contributed by atoms with Crippen molar-refractivity contribution in [1.29, 1.82) is 0 Å². The Labute approximate surface area is 282 Å². The molecule has 3 aromatic heterocycles. The van der Waals surface area contributed by atoms with Gasteiger partial charge >= 0.3 is 0 Å². The fraction of sp³-hybridized carbons (Fsp3) is 0.100. The second-order valence-corrected chi connectivity index (χ2v) is 12.4. The summed E-state index contributed by atoms with van der Waals surface area (Å²) < 4.78 is 4.32. The molecule has 0 atom stereocenters. The van der Waals surface area contributed by atoms with Crippen LogP contribution in [0.3, 0.4) is 0 Å². The smallest absolute Gasteiger partial charge is 0.148 e. The maximum absolute atomic E-state index is 11.0. The Hall–Kier alpha value is -4.99. The van der Waals surface area contributed by atoms with Crippen molar-refractivity contribution in [1.82, 2.24) is 19.1 Å². The number of aromatic nitrogens is 4. The SMILES string of the molecule is CC(C)(C)c1ccc(-n2c(-c3ccccc3O)nc3c(-c4[c-]c5c(cc4)c4ccccc4n5-c4ccccn4)cccc32)cc1.[Pt]. The van der Waals surface area contributed by atoms with Gasteiger partial charge in [0.25, 0.3) is 0 Å². The zero-order valence-corrected chi connectivity index (χ0v) is 27.9. The van der Waals surface area contributed by atoms with Crippen LogP contribution < -0.4 is 0 Å². The standard InChI is InChI=1S/C40H31N4O.Pt/c1-40(2,3)27-19-21-28(22-20-27)43-34-15-10-13-29(38(34)42-39(43)32-12-5-7-16-36(32)45)26-18-23-31-30-11-4-6-14-33(30)44(35(31)25-26)37-17-8-9-24-41-37;/h4-24,45H,1-3H3;/q-1;. The number of nitrogens with zero attached hydrogens (tertiary/aromatic N) is 4. The molecule has 3 heterocycles. The molecule has 0 fully saturated rings. The van der Waals surface area contributed by atoms with E-state index in [2.05, 4.69) is 120 Å². The third kappa shape index (κ3) is 4.83. The van der Waals surface area contributed by atoms with E-state index in [0.29, 0.717) is 11.4 Å². The van der Waals surface area contributed by atoms with E-state index < -0.39 is 0 Å². The number of pyridine rings is 1. The molecule has 0 radical (unpaired) electrons. The summed E-state index contributed by atoms with van der Waals surface area (Å²) in [4.78, 5) is 9.92.